The third-order valence-electron chi connectivity index (χ3n) is 4.99. The summed E-state index contributed by atoms with van der Waals surface area (Å²) in [6.45, 7) is 6.43. The van der Waals surface area contributed by atoms with Crippen LogP contribution >= 0.6 is 0 Å². The maximum Gasteiger partial charge on any atom is 0.122 e. The molecule has 2 aliphatic carbocycles. The van der Waals surface area contributed by atoms with Crippen molar-refractivity contribution in [1.29, 1.82) is 0 Å². The van der Waals surface area contributed by atoms with E-state index in [1.54, 1.807) is 0 Å². The summed E-state index contributed by atoms with van der Waals surface area (Å²) in [5.74, 6) is 6.49. The number of hydrogen-bond donors (Lipinski definition) is 0. The van der Waals surface area contributed by atoms with Crippen molar-refractivity contribution in [3.8, 4) is 12.3 Å². The van der Waals surface area contributed by atoms with Crippen molar-refractivity contribution in [3.05, 3.63) is 59.6 Å². The highest BCUT2D eigenvalue weighted by Crippen LogP contribution is 2.33. The predicted molar refractivity (Wildman–Crippen MR) is 103 cm³/mol. The molecule has 0 amide bonds. The third kappa shape index (κ3) is 5.60. The van der Waals surface area contributed by atoms with E-state index in [1.807, 2.05) is 19.1 Å². The van der Waals surface area contributed by atoms with E-state index < -0.39 is 0 Å². The van der Waals surface area contributed by atoms with Gasteiger partial charge >= 0.3 is 0 Å². The quantitative estimate of drug-likeness (QED) is 0.326. The summed E-state index contributed by atoms with van der Waals surface area (Å²) in [6, 6.07) is 0. The molecule has 0 N–H and O–H groups in total. The molecule has 0 spiro atoms. The van der Waals surface area contributed by atoms with Gasteiger partial charge in [0.1, 0.15) is 11.5 Å². The van der Waals surface area contributed by atoms with Crippen LogP contribution in [0.15, 0.2) is 59.6 Å². The van der Waals surface area contributed by atoms with Gasteiger partial charge in [-0.2, -0.15) is 0 Å². The second-order valence-electron chi connectivity index (χ2n) is 7.01. The Morgan fingerprint density at radius 3 is 2.71 bits per heavy atom. The second kappa shape index (κ2) is 9.38. The van der Waals surface area contributed by atoms with Crippen molar-refractivity contribution < 1.29 is 4.74 Å². The van der Waals surface area contributed by atoms with Gasteiger partial charge in [-0.3, -0.25) is 0 Å². The second-order valence-corrected chi connectivity index (χ2v) is 7.01. The normalized spacial score (nSPS) is 26.3. The minimum atomic E-state index is 0.209. The molecule has 1 unspecified atom stereocenters. The van der Waals surface area contributed by atoms with Crippen LogP contribution in [-0.4, -0.2) is 0 Å². The Balaban J connectivity index is 1.97. The molecule has 0 heterocycles. The lowest BCUT2D eigenvalue weighted by Gasteiger charge is -2.28. The number of hydrogen-bond acceptors (Lipinski definition) is 1. The van der Waals surface area contributed by atoms with E-state index in [2.05, 4.69) is 50.1 Å². The molecular weight excluding hydrogens is 292 g/mol. The Labute approximate surface area is 147 Å². The molecular formula is C23H30O. The fourth-order valence-corrected chi connectivity index (χ4v) is 3.32. The Morgan fingerprint density at radius 2 is 2.04 bits per heavy atom. The molecule has 0 radical (unpaired) electrons. The van der Waals surface area contributed by atoms with Crippen LogP contribution in [0.3, 0.4) is 0 Å². The van der Waals surface area contributed by atoms with Gasteiger partial charge in [-0.1, -0.05) is 55.6 Å². The van der Waals surface area contributed by atoms with Gasteiger partial charge < -0.3 is 4.74 Å². The van der Waals surface area contributed by atoms with E-state index in [4.69, 9.17) is 11.2 Å². The Hall–Kier alpha value is -1.94. The maximum atomic E-state index is 6.04. The number of ether oxygens (including phenoxy) is 1. The minimum Gasteiger partial charge on any atom is -0.462 e. The minimum absolute atomic E-state index is 0.209. The highest BCUT2D eigenvalue weighted by atomic mass is 16.5. The molecule has 0 aromatic heterocycles. The highest BCUT2D eigenvalue weighted by molar-refractivity contribution is 5.29. The smallest absolute Gasteiger partial charge is 0.122 e. The van der Waals surface area contributed by atoms with Crippen LogP contribution in [0.1, 0.15) is 52.9 Å². The van der Waals surface area contributed by atoms with Gasteiger partial charge in [0.2, 0.25) is 0 Å². The lowest BCUT2D eigenvalue weighted by atomic mass is 9.76. The molecule has 0 aromatic carbocycles. The van der Waals surface area contributed by atoms with Crippen LogP contribution in [-0.2, 0) is 4.74 Å². The fraction of sp³-hybridized carbons (Fsp3) is 0.478. The Morgan fingerprint density at radius 1 is 1.29 bits per heavy atom. The molecule has 128 valence electrons. The lowest BCUT2D eigenvalue weighted by Crippen LogP contribution is -2.18. The Bertz CT molecular complexity index is 598. The van der Waals surface area contributed by atoms with Crippen molar-refractivity contribution in [2.24, 2.45) is 17.8 Å². The molecule has 1 nitrogen and oxygen atoms in total. The van der Waals surface area contributed by atoms with Gasteiger partial charge in [-0.15, -0.1) is 6.42 Å². The largest absolute Gasteiger partial charge is 0.462 e. The van der Waals surface area contributed by atoms with E-state index in [0.29, 0.717) is 5.92 Å². The summed E-state index contributed by atoms with van der Waals surface area (Å²) >= 11 is 0. The van der Waals surface area contributed by atoms with E-state index in [9.17, 15) is 0 Å². The van der Waals surface area contributed by atoms with Crippen LogP contribution in [0.4, 0.5) is 0 Å². The zero-order valence-electron chi connectivity index (χ0n) is 15.3. The van der Waals surface area contributed by atoms with Crippen LogP contribution in [0.25, 0.3) is 0 Å². The van der Waals surface area contributed by atoms with Crippen molar-refractivity contribution in [2.45, 2.75) is 52.9 Å². The zero-order chi connectivity index (χ0) is 17.4. The van der Waals surface area contributed by atoms with E-state index in [1.165, 1.54) is 31.3 Å². The van der Waals surface area contributed by atoms with E-state index in [-0.39, 0.29) is 5.92 Å². The first-order chi connectivity index (χ1) is 11.6. The number of terminal acetylenes is 1. The first-order valence-electron chi connectivity index (χ1n) is 9.15. The van der Waals surface area contributed by atoms with Gasteiger partial charge in [0, 0.05) is 12.3 Å². The fourth-order valence-electron chi connectivity index (χ4n) is 3.32. The van der Waals surface area contributed by atoms with Crippen molar-refractivity contribution in [2.75, 3.05) is 0 Å². The van der Waals surface area contributed by atoms with Crippen LogP contribution < -0.4 is 0 Å². The maximum absolute atomic E-state index is 6.04. The van der Waals surface area contributed by atoms with E-state index in [0.717, 1.165) is 23.9 Å². The molecule has 0 bridgehead atoms. The predicted octanol–water partition coefficient (Wildman–Crippen LogP) is 6.33. The highest BCUT2D eigenvalue weighted by Gasteiger charge is 2.23. The van der Waals surface area contributed by atoms with Gasteiger partial charge in [-0.25, -0.2) is 0 Å². The molecule has 24 heavy (non-hydrogen) atoms. The van der Waals surface area contributed by atoms with Gasteiger partial charge in [0.05, 0.1) is 0 Å². The summed E-state index contributed by atoms with van der Waals surface area (Å²) in [5.41, 5.74) is 1.24. The van der Waals surface area contributed by atoms with Crippen molar-refractivity contribution in [1.82, 2.24) is 0 Å². The first-order valence-corrected chi connectivity index (χ1v) is 9.15. The summed E-state index contributed by atoms with van der Waals surface area (Å²) in [7, 11) is 0. The molecule has 2 aliphatic rings. The average molecular weight is 322 g/mol. The molecule has 1 fully saturated rings. The van der Waals surface area contributed by atoms with Gasteiger partial charge in [-0.05, 0) is 56.8 Å². The number of rotatable bonds is 5. The SMILES string of the molecule is C#CC(/C=C\C(=C/C)OC1=CC=C(C)C=CC1)C1CCC(C)CC1. The molecule has 1 atom stereocenters. The van der Waals surface area contributed by atoms with Gasteiger partial charge in [0.15, 0.2) is 0 Å². The average Bonchev–Trinajstić information content (AvgIpc) is 2.80. The number of allylic oxidation sites excluding steroid dienone is 8. The van der Waals surface area contributed by atoms with Crippen molar-refractivity contribution in [3.63, 3.8) is 0 Å². The van der Waals surface area contributed by atoms with Crippen LogP contribution in [0, 0.1) is 30.1 Å². The molecule has 1 heteroatoms. The van der Waals surface area contributed by atoms with Crippen LogP contribution in [0.5, 0.6) is 0 Å². The summed E-state index contributed by atoms with van der Waals surface area (Å²) in [6.07, 6.45) is 26.3. The standard InChI is InChI=1S/C23H30O/c1-5-20(21-13-10-19(4)11-14-21)15-17-22(6-2)24-23-9-7-8-18(3)12-16-23/h1,6-8,12,15-17,19-21H,9-11,13-14H2,2-4H3/b17-15-,22-6+. The molecule has 0 aromatic rings. The van der Waals surface area contributed by atoms with E-state index >= 15 is 0 Å². The third-order valence-corrected chi connectivity index (χ3v) is 4.99. The summed E-state index contributed by atoms with van der Waals surface area (Å²) in [5, 5.41) is 0. The van der Waals surface area contributed by atoms with Crippen LogP contribution in [0.2, 0.25) is 0 Å². The lowest BCUT2D eigenvalue weighted by molar-refractivity contribution is 0.265. The van der Waals surface area contributed by atoms with Crippen molar-refractivity contribution >= 4 is 0 Å². The summed E-state index contributed by atoms with van der Waals surface area (Å²) in [4.78, 5) is 0. The molecule has 2 rings (SSSR count). The summed E-state index contributed by atoms with van der Waals surface area (Å²) < 4.78 is 6.04. The topological polar surface area (TPSA) is 9.23 Å². The monoisotopic (exact) mass is 322 g/mol. The first kappa shape index (κ1) is 18.4. The van der Waals surface area contributed by atoms with Gasteiger partial charge in [0.25, 0.3) is 0 Å². The molecule has 1 saturated carbocycles. The zero-order valence-corrected chi connectivity index (χ0v) is 15.3. The Kier molecular flexibility index (Phi) is 7.19. The molecule has 0 saturated heterocycles. The molecule has 0 aliphatic heterocycles.